The molecule has 0 atom stereocenters. The monoisotopic (exact) mass is 233 g/mol. The Bertz CT molecular complexity index is 408. The minimum absolute atomic E-state index is 0.848. The van der Waals surface area contributed by atoms with Crippen molar-refractivity contribution in [3.63, 3.8) is 0 Å². The zero-order chi connectivity index (χ0) is 11.2. The zero-order valence-electron chi connectivity index (χ0n) is 9.27. The summed E-state index contributed by atoms with van der Waals surface area (Å²) in [5.41, 5.74) is 2.49. The fourth-order valence-corrected chi connectivity index (χ4v) is 1.90. The van der Waals surface area contributed by atoms with Gasteiger partial charge in [-0.15, -0.1) is 11.8 Å². The van der Waals surface area contributed by atoms with E-state index >= 15 is 0 Å². The van der Waals surface area contributed by atoms with E-state index in [-0.39, 0.29) is 0 Å². The van der Waals surface area contributed by atoms with E-state index in [1.165, 1.54) is 16.0 Å². The molecular formula is C13H15NOS. The number of benzene rings is 1. The number of hydrogen-bond acceptors (Lipinski definition) is 3. The van der Waals surface area contributed by atoms with Crippen LogP contribution in [-0.2, 0) is 13.1 Å². The molecule has 3 heteroatoms. The van der Waals surface area contributed by atoms with Gasteiger partial charge in [-0.25, -0.2) is 0 Å². The normalized spacial score (nSPS) is 10.6. The van der Waals surface area contributed by atoms with Gasteiger partial charge >= 0.3 is 0 Å². The molecule has 0 amide bonds. The molecule has 16 heavy (non-hydrogen) atoms. The van der Waals surface area contributed by atoms with Crippen LogP contribution >= 0.6 is 11.8 Å². The summed E-state index contributed by atoms with van der Waals surface area (Å²) in [5, 5.41) is 3.37. The number of nitrogens with one attached hydrogen (secondary N) is 1. The van der Waals surface area contributed by atoms with Crippen molar-refractivity contribution in [3.05, 3.63) is 54.0 Å². The second-order valence-electron chi connectivity index (χ2n) is 3.58. The minimum Gasteiger partial charge on any atom is -0.472 e. The lowest BCUT2D eigenvalue weighted by molar-refractivity contribution is 0.560. The largest absolute Gasteiger partial charge is 0.472 e. The van der Waals surface area contributed by atoms with Crippen LogP contribution in [0.3, 0.4) is 0 Å². The molecule has 0 saturated heterocycles. The van der Waals surface area contributed by atoms with Gasteiger partial charge in [-0.2, -0.15) is 0 Å². The van der Waals surface area contributed by atoms with E-state index in [1.54, 1.807) is 24.3 Å². The third kappa shape index (κ3) is 3.15. The molecule has 2 aromatic rings. The van der Waals surface area contributed by atoms with Crippen LogP contribution in [0.4, 0.5) is 0 Å². The van der Waals surface area contributed by atoms with Crippen LogP contribution in [0.5, 0.6) is 0 Å². The Morgan fingerprint density at radius 2 is 1.81 bits per heavy atom. The van der Waals surface area contributed by atoms with Crippen molar-refractivity contribution < 1.29 is 4.42 Å². The topological polar surface area (TPSA) is 25.2 Å². The van der Waals surface area contributed by atoms with Crippen molar-refractivity contribution in [2.45, 2.75) is 18.0 Å². The molecular weight excluding hydrogens is 218 g/mol. The Balaban J connectivity index is 1.81. The average molecular weight is 233 g/mol. The lowest BCUT2D eigenvalue weighted by atomic mass is 10.2. The number of hydrogen-bond donors (Lipinski definition) is 1. The Hall–Kier alpha value is -1.19. The quantitative estimate of drug-likeness (QED) is 0.802. The van der Waals surface area contributed by atoms with Crippen LogP contribution in [0.1, 0.15) is 11.1 Å². The van der Waals surface area contributed by atoms with E-state index in [4.69, 9.17) is 4.42 Å². The third-order valence-electron chi connectivity index (χ3n) is 2.40. The molecule has 0 aliphatic heterocycles. The van der Waals surface area contributed by atoms with Gasteiger partial charge < -0.3 is 9.73 Å². The SMILES string of the molecule is CSc1ccc(CNCc2ccoc2)cc1. The highest BCUT2D eigenvalue weighted by atomic mass is 32.2. The molecule has 0 bridgehead atoms. The van der Waals surface area contributed by atoms with Gasteiger partial charge in [0.1, 0.15) is 0 Å². The Morgan fingerprint density at radius 1 is 1.06 bits per heavy atom. The van der Waals surface area contributed by atoms with E-state index < -0.39 is 0 Å². The standard InChI is InChI=1S/C13H15NOS/c1-16-13-4-2-11(3-5-13)8-14-9-12-6-7-15-10-12/h2-7,10,14H,8-9H2,1H3. The van der Waals surface area contributed by atoms with Crippen molar-refractivity contribution in [1.82, 2.24) is 5.32 Å². The van der Waals surface area contributed by atoms with Gasteiger partial charge in [0.25, 0.3) is 0 Å². The molecule has 1 aromatic carbocycles. The van der Waals surface area contributed by atoms with Crippen molar-refractivity contribution >= 4 is 11.8 Å². The summed E-state index contributed by atoms with van der Waals surface area (Å²) < 4.78 is 5.00. The minimum atomic E-state index is 0.848. The molecule has 0 unspecified atom stereocenters. The van der Waals surface area contributed by atoms with E-state index in [0.717, 1.165) is 13.1 Å². The summed E-state index contributed by atoms with van der Waals surface area (Å²) in [7, 11) is 0. The summed E-state index contributed by atoms with van der Waals surface area (Å²) in [6.07, 6.45) is 5.56. The van der Waals surface area contributed by atoms with Crippen LogP contribution in [0, 0.1) is 0 Å². The predicted octanol–water partition coefficient (Wildman–Crippen LogP) is 3.29. The second-order valence-corrected chi connectivity index (χ2v) is 4.46. The maximum absolute atomic E-state index is 5.00. The lowest BCUT2D eigenvalue weighted by Gasteiger charge is -2.04. The van der Waals surface area contributed by atoms with Crippen molar-refractivity contribution in [3.8, 4) is 0 Å². The fourth-order valence-electron chi connectivity index (χ4n) is 1.49. The molecule has 0 saturated carbocycles. The molecule has 0 spiro atoms. The Morgan fingerprint density at radius 3 is 2.44 bits per heavy atom. The molecule has 1 aromatic heterocycles. The summed E-state index contributed by atoms with van der Waals surface area (Å²) in [6.45, 7) is 1.74. The highest BCUT2D eigenvalue weighted by molar-refractivity contribution is 7.98. The van der Waals surface area contributed by atoms with Crippen LogP contribution < -0.4 is 5.32 Å². The number of furan rings is 1. The first kappa shape index (κ1) is 11.3. The van der Waals surface area contributed by atoms with Crippen LogP contribution in [-0.4, -0.2) is 6.26 Å². The van der Waals surface area contributed by atoms with Crippen LogP contribution in [0.15, 0.2) is 52.2 Å². The first-order valence-corrected chi connectivity index (χ1v) is 6.45. The summed E-state index contributed by atoms with van der Waals surface area (Å²) >= 11 is 1.77. The average Bonchev–Trinajstić information content (AvgIpc) is 2.83. The van der Waals surface area contributed by atoms with Crippen molar-refractivity contribution in [2.24, 2.45) is 0 Å². The first-order valence-electron chi connectivity index (χ1n) is 5.23. The molecule has 84 valence electrons. The highest BCUT2D eigenvalue weighted by Gasteiger charge is 1.95. The van der Waals surface area contributed by atoms with Gasteiger partial charge in [-0.1, -0.05) is 12.1 Å². The summed E-state index contributed by atoms with van der Waals surface area (Å²) in [4.78, 5) is 1.30. The lowest BCUT2D eigenvalue weighted by Crippen LogP contribution is -2.11. The maximum atomic E-state index is 5.00. The van der Waals surface area contributed by atoms with Crippen molar-refractivity contribution in [2.75, 3.05) is 6.26 Å². The summed E-state index contributed by atoms with van der Waals surface area (Å²) in [6, 6.07) is 10.6. The van der Waals surface area contributed by atoms with E-state index in [9.17, 15) is 0 Å². The zero-order valence-corrected chi connectivity index (χ0v) is 10.1. The van der Waals surface area contributed by atoms with Crippen molar-refractivity contribution in [1.29, 1.82) is 0 Å². The molecule has 0 radical (unpaired) electrons. The molecule has 0 aliphatic rings. The smallest absolute Gasteiger partial charge is 0.0947 e. The Kier molecular flexibility index (Phi) is 4.08. The van der Waals surface area contributed by atoms with Crippen LogP contribution in [0.2, 0.25) is 0 Å². The maximum Gasteiger partial charge on any atom is 0.0947 e. The summed E-state index contributed by atoms with van der Waals surface area (Å²) in [5.74, 6) is 0. The second kappa shape index (κ2) is 5.77. The van der Waals surface area contributed by atoms with E-state index in [1.807, 2.05) is 6.07 Å². The van der Waals surface area contributed by atoms with Gasteiger partial charge in [0.15, 0.2) is 0 Å². The number of thioether (sulfide) groups is 1. The fraction of sp³-hybridized carbons (Fsp3) is 0.231. The van der Waals surface area contributed by atoms with Gasteiger partial charge in [0, 0.05) is 23.5 Å². The molecule has 2 rings (SSSR count). The molecule has 1 N–H and O–H groups in total. The van der Waals surface area contributed by atoms with Gasteiger partial charge in [0.05, 0.1) is 12.5 Å². The van der Waals surface area contributed by atoms with Gasteiger partial charge in [-0.05, 0) is 30.0 Å². The van der Waals surface area contributed by atoms with E-state index in [2.05, 4.69) is 35.8 Å². The third-order valence-corrected chi connectivity index (χ3v) is 3.14. The predicted molar refractivity (Wildman–Crippen MR) is 67.5 cm³/mol. The molecule has 0 aliphatic carbocycles. The molecule has 2 nitrogen and oxygen atoms in total. The Labute approximate surface area is 100 Å². The highest BCUT2D eigenvalue weighted by Crippen LogP contribution is 2.14. The van der Waals surface area contributed by atoms with Gasteiger partial charge in [-0.3, -0.25) is 0 Å². The van der Waals surface area contributed by atoms with Crippen LogP contribution in [0.25, 0.3) is 0 Å². The van der Waals surface area contributed by atoms with Gasteiger partial charge in [0.2, 0.25) is 0 Å². The molecule has 1 heterocycles. The first-order chi connectivity index (χ1) is 7.88. The number of rotatable bonds is 5. The van der Waals surface area contributed by atoms with E-state index in [0.29, 0.717) is 0 Å². The molecule has 0 fully saturated rings.